The van der Waals surface area contributed by atoms with Crippen LogP contribution >= 0.6 is 0 Å². The van der Waals surface area contributed by atoms with Crippen LogP contribution in [0.1, 0.15) is 26.7 Å². The van der Waals surface area contributed by atoms with Gasteiger partial charge < -0.3 is 24.6 Å². The van der Waals surface area contributed by atoms with Crippen molar-refractivity contribution in [1.82, 2.24) is 20.0 Å². The lowest BCUT2D eigenvalue weighted by Crippen LogP contribution is -2.55. The smallest absolute Gasteiger partial charge is 0.251 e. The summed E-state index contributed by atoms with van der Waals surface area (Å²) in [6.07, 6.45) is 1.64. The highest BCUT2D eigenvalue weighted by Gasteiger charge is 2.31. The fourth-order valence-electron chi connectivity index (χ4n) is 3.89. The van der Waals surface area contributed by atoms with Gasteiger partial charge in [-0.25, -0.2) is 0 Å². The Morgan fingerprint density at radius 3 is 2.44 bits per heavy atom. The molecule has 0 aromatic rings. The van der Waals surface area contributed by atoms with Crippen LogP contribution in [-0.4, -0.2) is 111 Å². The molecule has 0 aliphatic carbocycles. The Morgan fingerprint density at radius 2 is 1.81 bits per heavy atom. The van der Waals surface area contributed by atoms with Crippen LogP contribution in [0.3, 0.4) is 0 Å². The predicted molar refractivity (Wildman–Crippen MR) is 105 cm³/mol. The number of nitrogens with one attached hydrogen (secondary N) is 1. The third-order valence-corrected chi connectivity index (χ3v) is 5.61. The Kier molecular flexibility index (Phi) is 7.72. The molecule has 27 heavy (non-hydrogen) atoms. The molecule has 0 spiro atoms. The largest absolute Gasteiger partial charge is 0.379 e. The van der Waals surface area contributed by atoms with Crippen LogP contribution in [0.4, 0.5) is 0 Å². The average Bonchev–Trinajstić information content (AvgIpc) is 3.26. The number of guanidine groups is 1. The van der Waals surface area contributed by atoms with Crippen LogP contribution in [0.25, 0.3) is 0 Å². The van der Waals surface area contributed by atoms with Crippen molar-refractivity contribution in [3.8, 4) is 0 Å². The Hall–Kier alpha value is -1.38. The molecule has 0 saturated carbocycles. The second-order valence-corrected chi connectivity index (χ2v) is 7.51. The minimum atomic E-state index is -0.215. The summed E-state index contributed by atoms with van der Waals surface area (Å²) < 4.78 is 11.0. The van der Waals surface area contributed by atoms with Gasteiger partial charge in [0.25, 0.3) is 5.91 Å². The fraction of sp³-hybridized carbons (Fsp3) is 0.895. The van der Waals surface area contributed by atoms with Crippen LogP contribution in [0.5, 0.6) is 0 Å². The maximum absolute atomic E-state index is 12.5. The van der Waals surface area contributed by atoms with Gasteiger partial charge in [-0.2, -0.15) is 0 Å². The van der Waals surface area contributed by atoms with Gasteiger partial charge in [0.2, 0.25) is 0 Å². The second-order valence-electron chi connectivity index (χ2n) is 7.51. The molecule has 3 aliphatic heterocycles. The lowest BCUT2D eigenvalue weighted by molar-refractivity contribution is -0.142. The number of aliphatic imine (C=N–C) groups is 1. The van der Waals surface area contributed by atoms with Gasteiger partial charge in [-0.15, -0.1) is 0 Å². The number of amides is 1. The van der Waals surface area contributed by atoms with Crippen LogP contribution in [-0.2, 0) is 14.3 Å². The van der Waals surface area contributed by atoms with Crippen molar-refractivity contribution in [2.24, 2.45) is 4.99 Å². The number of hydrogen-bond donors (Lipinski definition) is 1. The van der Waals surface area contributed by atoms with Crippen molar-refractivity contribution < 1.29 is 14.3 Å². The van der Waals surface area contributed by atoms with E-state index >= 15 is 0 Å². The molecule has 0 bridgehead atoms. The Labute approximate surface area is 162 Å². The van der Waals surface area contributed by atoms with Gasteiger partial charge in [-0.1, -0.05) is 0 Å². The van der Waals surface area contributed by atoms with Gasteiger partial charge in [-0.05, 0) is 26.7 Å². The van der Waals surface area contributed by atoms with Gasteiger partial charge in [0.05, 0.1) is 19.8 Å². The topological polar surface area (TPSA) is 69.6 Å². The summed E-state index contributed by atoms with van der Waals surface area (Å²) in [6.45, 7) is 13.4. The molecular formula is C19H35N5O3. The first-order valence-corrected chi connectivity index (χ1v) is 10.4. The Morgan fingerprint density at radius 1 is 1.11 bits per heavy atom. The van der Waals surface area contributed by atoms with Crippen molar-refractivity contribution in [2.45, 2.75) is 38.8 Å². The lowest BCUT2D eigenvalue weighted by atomic mass is 10.2. The molecule has 3 aliphatic rings. The molecule has 0 radical (unpaired) electrons. The number of carbonyl (C=O) groups is 1. The van der Waals surface area contributed by atoms with Gasteiger partial charge in [0, 0.05) is 58.5 Å². The minimum absolute atomic E-state index is 0.162. The number of ether oxygens (including phenoxy) is 2. The number of carbonyl (C=O) groups excluding carboxylic acids is 1. The Bertz CT molecular complexity index is 496. The molecule has 8 nitrogen and oxygen atoms in total. The van der Waals surface area contributed by atoms with Gasteiger partial charge >= 0.3 is 0 Å². The third-order valence-electron chi connectivity index (χ3n) is 5.61. The molecule has 2 atom stereocenters. The summed E-state index contributed by atoms with van der Waals surface area (Å²) in [7, 11) is 0. The first-order valence-electron chi connectivity index (χ1n) is 10.4. The molecular weight excluding hydrogens is 346 g/mol. The SMILES string of the molecule is CCNC(=NCC(C)N1CCOCC1)N1CCN(C(=O)C2CCCO2)CC1. The molecule has 3 fully saturated rings. The first-order chi connectivity index (χ1) is 13.2. The van der Waals surface area contributed by atoms with Gasteiger partial charge in [-0.3, -0.25) is 14.7 Å². The van der Waals surface area contributed by atoms with Crippen molar-refractivity contribution in [1.29, 1.82) is 0 Å². The van der Waals surface area contributed by atoms with Crippen molar-refractivity contribution in [2.75, 3.05) is 72.2 Å². The summed E-state index contributed by atoms with van der Waals surface area (Å²) in [5.74, 6) is 1.12. The normalized spacial score (nSPS) is 26.3. The number of piperazine rings is 1. The van der Waals surface area contributed by atoms with E-state index in [1.165, 1.54) is 0 Å². The maximum atomic E-state index is 12.5. The molecule has 1 amide bonds. The zero-order valence-electron chi connectivity index (χ0n) is 16.9. The monoisotopic (exact) mass is 381 g/mol. The molecule has 2 unspecified atom stereocenters. The molecule has 3 saturated heterocycles. The quantitative estimate of drug-likeness (QED) is 0.534. The molecule has 1 N–H and O–H groups in total. The van der Waals surface area contributed by atoms with E-state index in [1.807, 2.05) is 4.90 Å². The zero-order chi connectivity index (χ0) is 19.1. The van der Waals surface area contributed by atoms with E-state index in [0.717, 1.165) is 91.0 Å². The van der Waals surface area contributed by atoms with E-state index < -0.39 is 0 Å². The summed E-state index contributed by atoms with van der Waals surface area (Å²) in [6, 6.07) is 0.407. The molecule has 8 heteroatoms. The average molecular weight is 382 g/mol. The lowest BCUT2D eigenvalue weighted by Gasteiger charge is -2.37. The van der Waals surface area contributed by atoms with Crippen molar-refractivity contribution >= 4 is 11.9 Å². The predicted octanol–water partition coefficient (Wildman–Crippen LogP) is -0.00420. The van der Waals surface area contributed by atoms with Crippen molar-refractivity contribution in [3.05, 3.63) is 0 Å². The standard InChI is InChI=1S/C19H35N5O3/c1-3-20-19(21-15-16(2)22-10-13-26-14-11-22)24-8-6-23(7-9-24)18(25)17-5-4-12-27-17/h16-17H,3-15H2,1-2H3,(H,20,21). The minimum Gasteiger partial charge on any atom is -0.379 e. The fourth-order valence-corrected chi connectivity index (χ4v) is 3.89. The highest BCUT2D eigenvalue weighted by Crippen LogP contribution is 2.16. The Balaban J connectivity index is 1.50. The van der Waals surface area contributed by atoms with Crippen LogP contribution in [0, 0.1) is 0 Å². The van der Waals surface area contributed by atoms with E-state index in [2.05, 4.69) is 29.0 Å². The zero-order valence-corrected chi connectivity index (χ0v) is 16.9. The highest BCUT2D eigenvalue weighted by atomic mass is 16.5. The van der Waals surface area contributed by atoms with Gasteiger partial charge in [0.1, 0.15) is 6.10 Å². The number of rotatable bonds is 5. The van der Waals surface area contributed by atoms with Gasteiger partial charge in [0.15, 0.2) is 5.96 Å². The first kappa shape index (κ1) is 20.4. The number of hydrogen-bond acceptors (Lipinski definition) is 5. The van der Waals surface area contributed by atoms with Crippen molar-refractivity contribution in [3.63, 3.8) is 0 Å². The van der Waals surface area contributed by atoms with E-state index in [-0.39, 0.29) is 12.0 Å². The highest BCUT2D eigenvalue weighted by molar-refractivity contribution is 5.82. The van der Waals surface area contributed by atoms with E-state index in [1.54, 1.807) is 0 Å². The number of morpholine rings is 1. The van der Waals surface area contributed by atoms with E-state index in [4.69, 9.17) is 14.5 Å². The number of nitrogens with zero attached hydrogens (tertiary/aromatic N) is 4. The third kappa shape index (κ3) is 5.56. The molecule has 3 rings (SSSR count). The second kappa shape index (κ2) is 10.2. The molecule has 0 aromatic carbocycles. The van der Waals surface area contributed by atoms with E-state index in [0.29, 0.717) is 6.04 Å². The maximum Gasteiger partial charge on any atom is 0.251 e. The van der Waals surface area contributed by atoms with Crippen LogP contribution in [0.2, 0.25) is 0 Å². The van der Waals surface area contributed by atoms with Crippen LogP contribution in [0.15, 0.2) is 4.99 Å². The summed E-state index contributed by atoms with van der Waals surface area (Å²) >= 11 is 0. The molecule has 154 valence electrons. The van der Waals surface area contributed by atoms with E-state index in [9.17, 15) is 4.79 Å². The van der Waals surface area contributed by atoms with Crippen LogP contribution < -0.4 is 5.32 Å². The summed E-state index contributed by atoms with van der Waals surface area (Å²) in [4.78, 5) is 24.1. The summed E-state index contributed by atoms with van der Waals surface area (Å²) in [5.41, 5.74) is 0. The molecule has 3 heterocycles. The molecule has 0 aromatic heterocycles. The summed E-state index contributed by atoms with van der Waals surface area (Å²) in [5, 5.41) is 3.41.